The molecule has 0 aliphatic carbocycles. The van der Waals surface area contributed by atoms with Crippen LogP contribution in [0.3, 0.4) is 0 Å². The van der Waals surface area contributed by atoms with Crippen LogP contribution in [0.2, 0.25) is 0 Å². The highest BCUT2D eigenvalue weighted by atomic mass is 14.9. The van der Waals surface area contributed by atoms with Crippen molar-refractivity contribution in [3.8, 4) is 0 Å². The molecule has 18 heavy (non-hydrogen) atoms. The van der Waals surface area contributed by atoms with Crippen molar-refractivity contribution in [2.45, 2.75) is 46.6 Å². The molecule has 0 bridgehead atoms. The Morgan fingerprint density at radius 1 is 1.11 bits per heavy atom. The van der Waals surface area contributed by atoms with Crippen LogP contribution in [0.15, 0.2) is 24.3 Å². The highest BCUT2D eigenvalue weighted by Gasteiger charge is 2.15. The Morgan fingerprint density at radius 3 is 2.28 bits per heavy atom. The largest absolute Gasteiger partial charge is 0.330 e. The number of hydrogen-bond donors (Lipinski definition) is 2. The van der Waals surface area contributed by atoms with E-state index in [-0.39, 0.29) is 5.41 Å². The van der Waals surface area contributed by atoms with E-state index in [4.69, 9.17) is 5.73 Å². The van der Waals surface area contributed by atoms with Gasteiger partial charge in [0.05, 0.1) is 0 Å². The summed E-state index contributed by atoms with van der Waals surface area (Å²) in [5.41, 5.74) is 8.70. The molecular weight excluding hydrogens is 220 g/mol. The van der Waals surface area contributed by atoms with Crippen molar-refractivity contribution in [2.75, 3.05) is 13.1 Å². The van der Waals surface area contributed by atoms with Crippen molar-refractivity contribution in [1.29, 1.82) is 0 Å². The molecule has 2 heteroatoms. The smallest absolute Gasteiger partial charge is 0.0205 e. The van der Waals surface area contributed by atoms with Crippen LogP contribution in [0.5, 0.6) is 0 Å². The van der Waals surface area contributed by atoms with E-state index >= 15 is 0 Å². The van der Waals surface area contributed by atoms with Crippen molar-refractivity contribution in [2.24, 2.45) is 11.1 Å². The van der Waals surface area contributed by atoms with Crippen LogP contribution in [0.1, 0.15) is 44.7 Å². The van der Waals surface area contributed by atoms with Crippen molar-refractivity contribution in [1.82, 2.24) is 5.32 Å². The van der Waals surface area contributed by atoms with Gasteiger partial charge >= 0.3 is 0 Å². The van der Waals surface area contributed by atoms with Gasteiger partial charge in [0.2, 0.25) is 0 Å². The normalized spacial score (nSPS) is 11.8. The number of aryl methyl sites for hydroxylation is 1. The standard InChI is InChI=1S/C16H28N2/c1-4-5-14-6-8-15(9-7-14)12-18-13-16(2,3)10-11-17/h6-9,18H,4-5,10-13,17H2,1-3H3. The van der Waals surface area contributed by atoms with Crippen LogP contribution in [0, 0.1) is 5.41 Å². The first-order valence-corrected chi connectivity index (χ1v) is 7.06. The van der Waals surface area contributed by atoms with Crippen molar-refractivity contribution in [3.05, 3.63) is 35.4 Å². The summed E-state index contributed by atoms with van der Waals surface area (Å²) >= 11 is 0. The zero-order valence-corrected chi connectivity index (χ0v) is 12.1. The van der Waals surface area contributed by atoms with Crippen LogP contribution in [0.4, 0.5) is 0 Å². The van der Waals surface area contributed by atoms with Crippen LogP contribution >= 0.6 is 0 Å². The van der Waals surface area contributed by atoms with Crippen molar-refractivity contribution >= 4 is 0 Å². The van der Waals surface area contributed by atoms with Crippen LogP contribution < -0.4 is 11.1 Å². The zero-order valence-electron chi connectivity index (χ0n) is 12.1. The predicted octanol–water partition coefficient (Wildman–Crippen LogP) is 3.10. The molecule has 0 aliphatic heterocycles. The van der Waals surface area contributed by atoms with Crippen molar-refractivity contribution < 1.29 is 0 Å². The molecule has 0 saturated carbocycles. The fourth-order valence-corrected chi connectivity index (χ4v) is 2.14. The van der Waals surface area contributed by atoms with Crippen LogP contribution in [-0.4, -0.2) is 13.1 Å². The molecule has 0 amide bonds. The molecule has 0 aromatic heterocycles. The van der Waals surface area contributed by atoms with E-state index in [1.54, 1.807) is 0 Å². The maximum Gasteiger partial charge on any atom is 0.0205 e. The maximum absolute atomic E-state index is 5.61. The van der Waals surface area contributed by atoms with Gasteiger partial charge in [-0.1, -0.05) is 51.5 Å². The summed E-state index contributed by atoms with van der Waals surface area (Å²) in [6, 6.07) is 8.94. The SMILES string of the molecule is CCCc1ccc(CNCC(C)(C)CCN)cc1. The van der Waals surface area contributed by atoms with Gasteiger partial charge < -0.3 is 11.1 Å². The lowest BCUT2D eigenvalue weighted by molar-refractivity contribution is 0.319. The van der Waals surface area contributed by atoms with E-state index in [0.29, 0.717) is 0 Å². The quantitative estimate of drug-likeness (QED) is 0.742. The first-order valence-electron chi connectivity index (χ1n) is 7.06. The molecule has 0 unspecified atom stereocenters. The van der Waals surface area contributed by atoms with Gasteiger partial charge in [0, 0.05) is 13.1 Å². The van der Waals surface area contributed by atoms with Gasteiger partial charge in [-0.05, 0) is 35.9 Å². The van der Waals surface area contributed by atoms with E-state index in [9.17, 15) is 0 Å². The minimum absolute atomic E-state index is 0.289. The molecule has 0 saturated heterocycles. The summed E-state index contributed by atoms with van der Waals surface area (Å²) in [4.78, 5) is 0. The second kappa shape index (κ2) is 7.55. The zero-order chi connectivity index (χ0) is 13.4. The van der Waals surface area contributed by atoms with Crippen LogP contribution in [-0.2, 0) is 13.0 Å². The Morgan fingerprint density at radius 2 is 1.72 bits per heavy atom. The van der Waals surface area contributed by atoms with Gasteiger partial charge in [0.15, 0.2) is 0 Å². The second-order valence-electron chi connectivity index (χ2n) is 5.87. The van der Waals surface area contributed by atoms with Crippen molar-refractivity contribution in [3.63, 3.8) is 0 Å². The Labute approximate surface area is 112 Å². The summed E-state index contributed by atoms with van der Waals surface area (Å²) in [6.45, 7) is 9.46. The van der Waals surface area contributed by atoms with E-state index in [2.05, 4.69) is 50.4 Å². The molecule has 3 N–H and O–H groups in total. The number of nitrogens with two attached hydrogens (primary N) is 1. The van der Waals surface area contributed by atoms with E-state index in [0.717, 1.165) is 26.1 Å². The maximum atomic E-state index is 5.61. The summed E-state index contributed by atoms with van der Waals surface area (Å²) in [5.74, 6) is 0. The third-order valence-electron chi connectivity index (χ3n) is 3.32. The fourth-order valence-electron chi connectivity index (χ4n) is 2.14. The highest BCUT2D eigenvalue weighted by molar-refractivity contribution is 5.22. The number of hydrogen-bond acceptors (Lipinski definition) is 2. The van der Waals surface area contributed by atoms with E-state index in [1.165, 1.54) is 24.0 Å². The van der Waals surface area contributed by atoms with Crippen LogP contribution in [0.25, 0.3) is 0 Å². The van der Waals surface area contributed by atoms with E-state index < -0.39 is 0 Å². The Kier molecular flexibility index (Phi) is 6.37. The molecule has 1 aromatic rings. The summed E-state index contributed by atoms with van der Waals surface area (Å²) in [7, 11) is 0. The lowest BCUT2D eigenvalue weighted by Gasteiger charge is -2.24. The predicted molar refractivity (Wildman–Crippen MR) is 79.6 cm³/mol. The first kappa shape index (κ1) is 15.2. The number of rotatable bonds is 8. The average Bonchev–Trinajstić information content (AvgIpc) is 2.31. The molecule has 0 aliphatic rings. The molecule has 102 valence electrons. The Hall–Kier alpha value is -0.860. The van der Waals surface area contributed by atoms with E-state index in [1.807, 2.05) is 0 Å². The summed E-state index contributed by atoms with van der Waals surface area (Å²) in [5, 5.41) is 3.52. The monoisotopic (exact) mass is 248 g/mol. The lowest BCUT2D eigenvalue weighted by atomic mass is 9.89. The Balaban J connectivity index is 2.35. The molecule has 1 rings (SSSR count). The third-order valence-corrected chi connectivity index (χ3v) is 3.32. The average molecular weight is 248 g/mol. The topological polar surface area (TPSA) is 38.0 Å². The van der Waals surface area contributed by atoms with Gasteiger partial charge in [-0.2, -0.15) is 0 Å². The minimum atomic E-state index is 0.289. The summed E-state index contributed by atoms with van der Waals surface area (Å²) in [6.07, 6.45) is 3.46. The second-order valence-corrected chi connectivity index (χ2v) is 5.87. The molecule has 0 heterocycles. The highest BCUT2D eigenvalue weighted by Crippen LogP contribution is 2.17. The molecule has 0 atom stereocenters. The minimum Gasteiger partial charge on any atom is -0.330 e. The summed E-state index contributed by atoms with van der Waals surface area (Å²) < 4.78 is 0. The molecule has 2 nitrogen and oxygen atoms in total. The van der Waals surface area contributed by atoms with Gasteiger partial charge in [-0.3, -0.25) is 0 Å². The molecular formula is C16H28N2. The van der Waals surface area contributed by atoms with Gasteiger partial charge in [-0.25, -0.2) is 0 Å². The van der Waals surface area contributed by atoms with Gasteiger partial charge in [0.1, 0.15) is 0 Å². The third kappa shape index (κ3) is 5.65. The van der Waals surface area contributed by atoms with Gasteiger partial charge in [-0.15, -0.1) is 0 Å². The Bertz CT molecular complexity index is 327. The molecule has 0 radical (unpaired) electrons. The number of benzene rings is 1. The van der Waals surface area contributed by atoms with Gasteiger partial charge in [0.25, 0.3) is 0 Å². The molecule has 0 spiro atoms. The molecule has 1 aromatic carbocycles. The molecule has 0 fully saturated rings. The fraction of sp³-hybridized carbons (Fsp3) is 0.625. The first-order chi connectivity index (χ1) is 8.57. The number of nitrogens with one attached hydrogen (secondary N) is 1. The lowest BCUT2D eigenvalue weighted by Crippen LogP contribution is -2.30.